The van der Waals surface area contributed by atoms with Crippen LogP contribution in [-0.4, -0.2) is 24.5 Å². The third-order valence-electron chi connectivity index (χ3n) is 4.24. The van der Waals surface area contributed by atoms with Gasteiger partial charge in [0.2, 0.25) is 5.91 Å². The van der Waals surface area contributed by atoms with Crippen molar-refractivity contribution in [2.75, 3.05) is 6.54 Å². The van der Waals surface area contributed by atoms with E-state index >= 15 is 0 Å². The number of nitrogens with one attached hydrogen (secondary N) is 3. The second-order valence-corrected chi connectivity index (χ2v) is 5.95. The van der Waals surface area contributed by atoms with E-state index in [0.29, 0.717) is 5.76 Å². The molecule has 1 saturated heterocycles. The molecule has 2 aromatic carbocycles. The smallest absolute Gasteiger partial charge is 0.315 e. The first-order chi connectivity index (χ1) is 12.2. The highest BCUT2D eigenvalue weighted by Gasteiger charge is 2.30. The molecule has 4 rings (SSSR count). The van der Waals surface area contributed by atoms with Crippen LogP contribution < -0.4 is 16.0 Å². The molecule has 3 aromatic rings. The molecule has 1 aromatic heterocycles. The molecule has 6 nitrogen and oxygen atoms in total. The van der Waals surface area contributed by atoms with E-state index in [0.717, 1.165) is 16.5 Å². The summed E-state index contributed by atoms with van der Waals surface area (Å²) in [4.78, 5) is 23.8. The van der Waals surface area contributed by atoms with Crippen molar-refractivity contribution in [1.82, 2.24) is 16.0 Å². The van der Waals surface area contributed by atoms with Gasteiger partial charge in [-0.3, -0.25) is 4.79 Å². The third-order valence-corrected chi connectivity index (χ3v) is 4.24. The highest BCUT2D eigenvalue weighted by molar-refractivity contribution is 5.90. The molecule has 6 heteroatoms. The van der Waals surface area contributed by atoms with Crippen LogP contribution >= 0.6 is 0 Å². The first-order valence-corrected chi connectivity index (χ1v) is 8.09. The number of amides is 3. The van der Waals surface area contributed by atoms with Crippen LogP contribution in [0.25, 0.3) is 11.0 Å². The Labute approximate surface area is 144 Å². The second kappa shape index (κ2) is 6.32. The average Bonchev–Trinajstić information content (AvgIpc) is 3.26. The number of carbonyl (C=O) groups excluding carboxylic acids is 2. The number of urea groups is 1. The van der Waals surface area contributed by atoms with Crippen LogP contribution in [-0.2, 0) is 4.79 Å². The molecule has 0 saturated carbocycles. The Bertz CT molecular complexity index is 887. The molecule has 126 valence electrons. The molecular weight excluding hydrogens is 318 g/mol. The molecule has 3 amide bonds. The predicted octanol–water partition coefficient (Wildman–Crippen LogP) is 2.32. The van der Waals surface area contributed by atoms with E-state index < -0.39 is 12.1 Å². The molecule has 1 aliphatic heterocycles. The summed E-state index contributed by atoms with van der Waals surface area (Å²) < 4.78 is 5.95. The number of fused-ring (bicyclic) bond motifs is 1. The minimum absolute atomic E-state index is 0.257. The lowest BCUT2D eigenvalue weighted by Crippen LogP contribution is -2.44. The number of hydrogen-bond donors (Lipinski definition) is 3. The van der Waals surface area contributed by atoms with Crippen molar-refractivity contribution in [3.8, 4) is 0 Å². The summed E-state index contributed by atoms with van der Waals surface area (Å²) >= 11 is 0. The van der Waals surface area contributed by atoms with E-state index in [4.69, 9.17) is 4.42 Å². The molecule has 25 heavy (non-hydrogen) atoms. The second-order valence-electron chi connectivity index (χ2n) is 5.95. The van der Waals surface area contributed by atoms with Gasteiger partial charge in [-0.1, -0.05) is 48.5 Å². The fraction of sp³-hybridized carbons (Fsp3) is 0.158. The lowest BCUT2D eigenvalue weighted by Gasteiger charge is -2.19. The zero-order chi connectivity index (χ0) is 17.2. The van der Waals surface area contributed by atoms with E-state index in [1.807, 2.05) is 60.7 Å². The van der Waals surface area contributed by atoms with Gasteiger partial charge in [0, 0.05) is 11.9 Å². The fourth-order valence-corrected chi connectivity index (χ4v) is 2.97. The number of carbonyl (C=O) groups is 2. The minimum atomic E-state index is -0.594. The van der Waals surface area contributed by atoms with Gasteiger partial charge in [0.15, 0.2) is 0 Å². The van der Waals surface area contributed by atoms with Crippen molar-refractivity contribution in [3.63, 3.8) is 0 Å². The van der Waals surface area contributed by atoms with Crippen molar-refractivity contribution in [2.45, 2.75) is 12.1 Å². The Morgan fingerprint density at radius 3 is 2.60 bits per heavy atom. The van der Waals surface area contributed by atoms with Gasteiger partial charge in [-0.25, -0.2) is 4.79 Å². The molecule has 2 heterocycles. The molecule has 3 N–H and O–H groups in total. The summed E-state index contributed by atoms with van der Waals surface area (Å²) in [5.41, 5.74) is 1.68. The van der Waals surface area contributed by atoms with Gasteiger partial charge in [0.25, 0.3) is 0 Å². The van der Waals surface area contributed by atoms with Crippen molar-refractivity contribution in [3.05, 3.63) is 72.0 Å². The SMILES string of the molecule is O=C1NC[C@H](C(=O)N[C@@H](c2ccccc2)c2cc3ccccc3o2)N1. The van der Waals surface area contributed by atoms with Gasteiger partial charge in [-0.05, 0) is 17.7 Å². The first-order valence-electron chi connectivity index (χ1n) is 8.09. The highest BCUT2D eigenvalue weighted by Crippen LogP contribution is 2.28. The Balaban J connectivity index is 1.67. The van der Waals surface area contributed by atoms with Crippen molar-refractivity contribution >= 4 is 22.9 Å². The van der Waals surface area contributed by atoms with Crippen LogP contribution in [0.2, 0.25) is 0 Å². The Kier molecular flexibility index (Phi) is 3.85. The van der Waals surface area contributed by atoms with E-state index in [9.17, 15) is 9.59 Å². The van der Waals surface area contributed by atoms with Crippen molar-refractivity contribution in [1.29, 1.82) is 0 Å². The summed E-state index contributed by atoms with van der Waals surface area (Å²) in [6, 6.07) is 17.9. The molecule has 2 atom stereocenters. The maximum Gasteiger partial charge on any atom is 0.315 e. The molecule has 0 unspecified atom stereocenters. The summed E-state index contributed by atoms with van der Waals surface area (Å²) in [5, 5.41) is 9.15. The molecule has 0 aliphatic carbocycles. The first kappa shape index (κ1) is 15.3. The standard InChI is InChI=1S/C19H17N3O3/c23-18(14-11-20-19(24)21-14)22-17(12-6-2-1-3-7-12)16-10-13-8-4-5-9-15(13)25-16/h1-10,14,17H,11H2,(H,22,23)(H2,20,21,24)/t14-,17+/m1/s1. The lowest BCUT2D eigenvalue weighted by atomic mass is 10.0. The molecule has 1 aliphatic rings. The summed E-state index contributed by atoms with van der Waals surface area (Å²) in [5.74, 6) is 0.394. The fourth-order valence-electron chi connectivity index (χ4n) is 2.97. The van der Waals surface area contributed by atoms with Crippen molar-refractivity contribution < 1.29 is 14.0 Å². The van der Waals surface area contributed by atoms with Gasteiger partial charge >= 0.3 is 6.03 Å². The molecule has 0 spiro atoms. The summed E-state index contributed by atoms with van der Waals surface area (Å²) in [6.07, 6.45) is 0. The molecule has 1 fully saturated rings. The zero-order valence-electron chi connectivity index (χ0n) is 13.4. The number of para-hydroxylation sites is 1. The normalized spacial score (nSPS) is 17.8. The van der Waals surface area contributed by atoms with Crippen LogP contribution in [0.1, 0.15) is 17.4 Å². The maximum absolute atomic E-state index is 12.6. The topological polar surface area (TPSA) is 83.4 Å². The predicted molar refractivity (Wildman–Crippen MR) is 93.0 cm³/mol. The molecular formula is C19H17N3O3. The van der Waals surface area contributed by atoms with Crippen LogP contribution in [0.15, 0.2) is 65.1 Å². The van der Waals surface area contributed by atoms with E-state index in [1.165, 1.54) is 0 Å². The number of hydrogen-bond acceptors (Lipinski definition) is 3. The van der Waals surface area contributed by atoms with E-state index in [1.54, 1.807) is 0 Å². The van der Waals surface area contributed by atoms with Crippen LogP contribution in [0.5, 0.6) is 0 Å². The van der Waals surface area contributed by atoms with Gasteiger partial charge in [-0.15, -0.1) is 0 Å². The number of rotatable bonds is 4. The maximum atomic E-state index is 12.6. The highest BCUT2D eigenvalue weighted by atomic mass is 16.3. The zero-order valence-corrected chi connectivity index (χ0v) is 13.4. The summed E-state index contributed by atoms with van der Waals surface area (Å²) in [6.45, 7) is 0.270. The van der Waals surface area contributed by atoms with Gasteiger partial charge < -0.3 is 20.4 Å². The van der Waals surface area contributed by atoms with Crippen LogP contribution in [0.4, 0.5) is 4.79 Å². The van der Waals surface area contributed by atoms with Gasteiger partial charge in [0.05, 0.1) is 0 Å². The Hall–Kier alpha value is -3.28. The number of benzene rings is 2. The molecule has 0 bridgehead atoms. The number of furan rings is 1. The lowest BCUT2D eigenvalue weighted by molar-refractivity contribution is -0.123. The van der Waals surface area contributed by atoms with Gasteiger partial charge in [-0.2, -0.15) is 0 Å². The molecule has 0 radical (unpaired) electrons. The van der Waals surface area contributed by atoms with E-state index in [2.05, 4.69) is 16.0 Å². The van der Waals surface area contributed by atoms with Gasteiger partial charge in [0.1, 0.15) is 23.4 Å². The monoisotopic (exact) mass is 335 g/mol. The van der Waals surface area contributed by atoms with E-state index in [-0.39, 0.29) is 18.5 Å². The van der Waals surface area contributed by atoms with Crippen LogP contribution in [0.3, 0.4) is 0 Å². The minimum Gasteiger partial charge on any atom is -0.459 e. The largest absolute Gasteiger partial charge is 0.459 e. The quantitative estimate of drug-likeness (QED) is 0.684. The Morgan fingerprint density at radius 1 is 1.12 bits per heavy atom. The van der Waals surface area contributed by atoms with Crippen LogP contribution in [0, 0.1) is 0 Å². The Morgan fingerprint density at radius 2 is 1.88 bits per heavy atom. The summed E-state index contributed by atoms with van der Waals surface area (Å²) in [7, 11) is 0. The third kappa shape index (κ3) is 3.06. The van der Waals surface area contributed by atoms with Crippen molar-refractivity contribution in [2.24, 2.45) is 0 Å². The average molecular weight is 335 g/mol.